The van der Waals surface area contributed by atoms with Gasteiger partial charge in [-0.2, -0.15) is 0 Å². The second-order valence-electron chi connectivity index (χ2n) is 11.0. The molecule has 4 fully saturated rings. The molecule has 7 nitrogen and oxygen atoms in total. The van der Waals surface area contributed by atoms with E-state index in [1.165, 1.54) is 0 Å². The number of aliphatic hydroxyl groups is 1. The zero-order valence-corrected chi connectivity index (χ0v) is 20.8. The first-order valence-electron chi connectivity index (χ1n) is 12.7. The average Bonchev–Trinajstić information content (AvgIpc) is 3.32. The number of ether oxygens (including phenoxy) is 2. The van der Waals surface area contributed by atoms with Crippen LogP contribution >= 0.6 is 11.6 Å². The summed E-state index contributed by atoms with van der Waals surface area (Å²) in [6, 6.07) is 5.00. The van der Waals surface area contributed by atoms with Crippen molar-refractivity contribution in [1.82, 2.24) is 10.3 Å². The van der Waals surface area contributed by atoms with E-state index in [2.05, 4.69) is 15.0 Å². The standard InChI is InChI=1S/C26H28ClF3N2O5/c27-15-1-2-19-17(11-15)18(33)12-20(35-19)22(34)32-25-6-3-24(4-7-25,5-8-25)23-31-13-21(36-23)14-9-16(10-14)37-26(28,29)30/h1-2,11,13-14,16,18,20,33H,3-10,12H2,(H,32,34)/t14?,16?,18-,20-,24?,25?/m1/s1. The molecule has 1 aliphatic heterocycles. The molecule has 1 aromatic heterocycles. The number of carbonyl (C=O) groups excluding carboxylic acids is 1. The number of fused-ring (bicyclic) bond motifs is 4. The zero-order chi connectivity index (χ0) is 26.0. The van der Waals surface area contributed by atoms with Crippen LogP contribution in [0.2, 0.25) is 5.02 Å². The highest BCUT2D eigenvalue weighted by Crippen LogP contribution is 2.54. The molecule has 1 aromatic carbocycles. The van der Waals surface area contributed by atoms with Crippen molar-refractivity contribution in [3.63, 3.8) is 0 Å². The van der Waals surface area contributed by atoms with Crippen LogP contribution in [0.15, 0.2) is 28.8 Å². The Bertz CT molecular complexity index is 1170. The van der Waals surface area contributed by atoms with Crippen molar-refractivity contribution in [2.24, 2.45) is 0 Å². The van der Waals surface area contributed by atoms with E-state index in [9.17, 15) is 23.1 Å². The Labute approximate surface area is 216 Å². The van der Waals surface area contributed by atoms with Crippen LogP contribution in [0, 0.1) is 0 Å². The Kier molecular flexibility index (Phi) is 6.00. The lowest BCUT2D eigenvalue weighted by atomic mass is 9.57. The molecule has 4 saturated carbocycles. The van der Waals surface area contributed by atoms with Crippen LogP contribution in [0.3, 0.4) is 0 Å². The number of amides is 1. The molecule has 2 bridgehead atoms. The number of hydrogen-bond donors (Lipinski definition) is 2. The summed E-state index contributed by atoms with van der Waals surface area (Å²) in [6.07, 6.45) is -0.0122. The SMILES string of the molecule is O=C(NC12CCC(c3ncc(C4CC(OC(F)(F)F)C4)o3)(CC1)CC2)[C@H]1C[C@@H](O)c2cc(Cl)ccc2O1. The van der Waals surface area contributed by atoms with Crippen molar-refractivity contribution in [2.45, 2.75) is 99.3 Å². The largest absolute Gasteiger partial charge is 0.522 e. The van der Waals surface area contributed by atoms with Crippen LogP contribution in [0.4, 0.5) is 13.2 Å². The van der Waals surface area contributed by atoms with E-state index in [-0.39, 0.29) is 42.0 Å². The van der Waals surface area contributed by atoms with Crippen molar-refractivity contribution in [3.05, 3.63) is 46.6 Å². The fourth-order valence-corrected chi connectivity index (χ4v) is 6.60. The number of oxazole rings is 1. The van der Waals surface area contributed by atoms with E-state index in [0.717, 1.165) is 38.5 Å². The first kappa shape index (κ1) is 25.0. The van der Waals surface area contributed by atoms with Gasteiger partial charge in [-0.1, -0.05) is 11.6 Å². The molecule has 0 spiro atoms. The summed E-state index contributed by atoms with van der Waals surface area (Å²) in [5.74, 6) is 1.40. The van der Waals surface area contributed by atoms with E-state index < -0.39 is 24.7 Å². The number of carbonyl (C=O) groups is 1. The Hall–Kier alpha value is -2.30. The monoisotopic (exact) mass is 540 g/mol. The molecule has 200 valence electrons. The molecular weight excluding hydrogens is 513 g/mol. The van der Waals surface area contributed by atoms with Gasteiger partial charge in [0.05, 0.1) is 18.4 Å². The number of hydrogen-bond acceptors (Lipinski definition) is 6. The predicted octanol–water partition coefficient (Wildman–Crippen LogP) is 5.46. The van der Waals surface area contributed by atoms with Gasteiger partial charge in [-0.15, -0.1) is 13.2 Å². The van der Waals surface area contributed by atoms with Crippen molar-refractivity contribution >= 4 is 17.5 Å². The fraction of sp³-hybridized carbons (Fsp3) is 0.615. The second-order valence-corrected chi connectivity index (χ2v) is 11.4. The molecule has 1 amide bonds. The Morgan fingerprint density at radius 3 is 2.51 bits per heavy atom. The molecule has 2 atom stereocenters. The van der Waals surface area contributed by atoms with Crippen molar-refractivity contribution in [2.75, 3.05) is 0 Å². The minimum Gasteiger partial charge on any atom is -0.480 e. The van der Waals surface area contributed by atoms with Crippen LogP contribution in [0.25, 0.3) is 0 Å². The molecule has 11 heteroatoms. The lowest BCUT2D eigenvalue weighted by molar-refractivity contribution is -0.352. The summed E-state index contributed by atoms with van der Waals surface area (Å²) >= 11 is 6.02. The van der Waals surface area contributed by atoms with Gasteiger partial charge in [0.2, 0.25) is 5.89 Å². The predicted molar refractivity (Wildman–Crippen MR) is 125 cm³/mol. The molecule has 0 radical (unpaired) electrons. The third-order valence-corrected chi connectivity index (χ3v) is 8.97. The number of alkyl halides is 3. The summed E-state index contributed by atoms with van der Waals surface area (Å²) in [5.41, 5.74) is 0.0378. The number of aliphatic hydroxyl groups excluding tert-OH is 1. The van der Waals surface area contributed by atoms with Crippen LogP contribution in [-0.4, -0.2) is 40.1 Å². The van der Waals surface area contributed by atoms with Gasteiger partial charge in [-0.25, -0.2) is 4.98 Å². The number of benzene rings is 1. The van der Waals surface area contributed by atoms with Crippen LogP contribution < -0.4 is 10.1 Å². The highest BCUT2D eigenvalue weighted by Gasteiger charge is 2.53. The number of halogens is 4. The minimum absolute atomic E-state index is 0.109. The van der Waals surface area contributed by atoms with Gasteiger partial charge in [-0.3, -0.25) is 9.53 Å². The number of aromatic nitrogens is 1. The maximum absolute atomic E-state index is 13.2. The van der Waals surface area contributed by atoms with Crippen LogP contribution in [0.1, 0.15) is 87.0 Å². The van der Waals surface area contributed by atoms with E-state index in [4.69, 9.17) is 20.8 Å². The number of nitrogens with zero attached hydrogens (tertiary/aromatic N) is 1. The number of rotatable bonds is 5. The van der Waals surface area contributed by atoms with E-state index >= 15 is 0 Å². The third-order valence-electron chi connectivity index (χ3n) is 8.74. The third kappa shape index (κ3) is 4.72. The van der Waals surface area contributed by atoms with Gasteiger partial charge >= 0.3 is 6.36 Å². The minimum atomic E-state index is -4.62. The molecule has 0 saturated heterocycles. The highest BCUT2D eigenvalue weighted by atomic mass is 35.5. The lowest BCUT2D eigenvalue weighted by Gasteiger charge is -2.52. The molecule has 7 rings (SSSR count). The Morgan fingerprint density at radius 2 is 1.84 bits per heavy atom. The second kappa shape index (κ2) is 8.88. The summed E-state index contributed by atoms with van der Waals surface area (Å²) in [7, 11) is 0. The van der Waals surface area contributed by atoms with E-state index in [0.29, 0.717) is 28.0 Å². The molecule has 4 aliphatic carbocycles. The Morgan fingerprint density at radius 1 is 1.14 bits per heavy atom. The highest BCUT2D eigenvalue weighted by molar-refractivity contribution is 6.30. The molecule has 0 unspecified atom stereocenters. The van der Waals surface area contributed by atoms with Gasteiger partial charge in [0.25, 0.3) is 5.91 Å². The molecular formula is C26H28ClF3N2O5. The average molecular weight is 541 g/mol. The summed E-state index contributed by atoms with van der Waals surface area (Å²) in [4.78, 5) is 17.7. The molecule has 5 aliphatic rings. The quantitative estimate of drug-likeness (QED) is 0.523. The van der Waals surface area contributed by atoms with Crippen molar-refractivity contribution < 1.29 is 37.0 Å². The Balaban J connectivity index is 1.06. The van der Waals surface area contributed by atoms with Crippen molar-refractivity contribution in [1.29, 1.82) is 0 Å². The summed E-state index contributed by atoms with van der Waals surface area (Å²) in [5, 5.41) is 14.3. The van der Waals surface area contributed by atoms with Crippen LogP contribution in [-0.2, 0) is 14.9 Å². The van der Waals surface area contributed by atoms with E-state index in [1.807, 2.05) is 0 Å². The van der Waals surface area contributed by atoms with Crippen molar-refractivity contribution in [3.8, 4) is 5.75 Å². The van der Waals surface area contributed by atoms with Gasteiger partial charge in [0, 0.05) is 33.9 Å². The topological polar surface area (TPSA) is 93.8 Å². The molecule has 2 N–H and O–H groups in total. The summed E-state index contributed by atoms with van der Waals surface area (Å²) < 4.78 is 53.3. The van der Waals surface area contributed by atoms with Gasteiger partial charge in [-0.05, 0) is 69.6 Å². The molecule has 37 heavy (non-hydrogen) atoms. The normalized spacial score (nSPS) is 34.8. The molecule has 2 heterocycles. The first-order chi connectivity index (χ1) is 17.5. The smallest absolute Gasteiger partial charge is 0.480 e. The first-order valence-corrected chi connectivity index (χ1v) is 13.1. The fourth-order valence-electron chi connectivity index (χ4n) is 6.42. The summed E-state index contributed by atoms with van der Waals surface area (Å²) in [6.45, 7) is 0. The lowest BCUT2D eigenvalue weighted by Crippen LogP contribution is -2.60. The molecule has 2 aromatic rings. The number of nitrogens with one attached hydrogen (secondary N) is 1. The van der Waals surface area contributed by atoms with Crippen LogP contribution in [0.5, 0.6) is 5.75 Å². The van der Waals surface area contributed by atoms with E-state index in [1.54, 1.807) is 24.4 Å². The van der Waals surface area contributed by atoms with Gasteiger partial charge < -0.3 is 19.6 Å². The van der Waals surface area contributed by atoms with Gasteiger partial charge in [0.15, 0.2) is 6.10 Å². The zero-order valence-electron chi connectivity index (χ0n) is 20.0. The van der Waals surface area contributed by atoms with Gasteiger partial charge in [0.1, 0.15) is 11.5 Å². The maximum atomic E-state index is 13.2. The maximum Gasteiger partial charge on any atom is 0.522 e.